The molecule has 3 aliphatic rings. The molecule has 2 aromatic carbocycles. The number of oxime groups is 1. The fourth-order valence-electron chi connectivity index (χ4n) is 5.04. The molecule has 3 N–H and O–H groups in total. The van der Waals surface area contributed by atoms with Gasteiger partial charge in [-0.1, -0.05) is 17.3 Å². The number of hydrogen-bond acceptors (Lipinski definition) is 8. The molecule has 2 atom stereocenters. The molecule has 0 spiro atoms. The number of fused-ring (bicyclic) bond motifs is 6. The zero-order valence-electron chi connectivity index (χ0n) is 16.7. The average molecular weight is 408 g/mol. The van der Waals surface area contributed by atoms with Crippen LogP contribution in [0.4, 0.5) is 0 Å². The van der Waals surface area contributed by atoms with Gasteiger partial charge >= 0.3 is 0 Å². The molecule has 154 valence electrons. The minimum atomic E-state index is -0.589. The van der Waals surface area contributed by atoms with Crippen LogP contribution in [0.1, 0.15) is 62.4 Å². The van der Waals surface area contributed by atoms with Crippen molar-refractivity contribution in [2.45, 2.75) is 31.3 Å². The Morgan fingerprint density at radius 1 is 1.10 bits per heavy atom. The lowest BCUT2D eigenvalue weighted by molar-refractivity contribution is 0.0971. The molecule has 8 nitrogen and oxygen atoms in total. The van der Waals surface area contributed by atoms with Crippen molar-refractivity contribution in [3.8, 4) is 17.2 Å². The lowest BCUT2D eigenvalue weighted by Crippen LogP contribution is -2.48. The highest BCUT2D eigenvalue weighted by molar-refractivity contribution is 6.31. The van der Waals surface area contributed by atoms with E-state index in [1.165, 1.54) is 20.3 Å². The van der Waals surface area contributed by atoms with Crippen LogP contribution in [0.5, 0.6) is 17.2 Å². The zero-order valence-corrected chi connectivity index (χ0v) is 16.7. The van der Waals surface area contributed by atoms with E-state index in [9.17, 15) is 19.8 Å². The molecule has 1 aliphatic carbocycles. The van der Waals surface area contributed by atoms with Gasteiger partial charge in [-0.05, 0) is 19.4 Å². The number of ketones is 2. The van der Waals surface area contributed by atoms with Crippen molar-refractivity contribution in [3.05, 3.63) is 51.6 Å². The van der Waals surface area contributed by atoms with Gasteiger partial charge in [0.2, 0.25) is 5.78 Å². The molecule has 0 aromatic heterocycles. The number of nitrogens with one attached hydrogen (secondary N) is 1. The third kappa shape index (κ3) is 2.16. The summed E-state index contributed by atoms with van der Waals surface area (Å²) in [7, 11) is 2.87. The van der Waals surface area contributed by atoms with Crippen molar-refractivity contribution in [3.63, 3.8) is 0 Å². The lowest BCUT2D eigenvalue weighted by atomic mass is 9.77. The third-order valence-corrected chi connectivity index (χ3v) is 6.37. The summed E-state index contributed by atoms with van der Waals surface area (Å²) in [5.41, 5.74) is 0.915. The maximum Gasteiger partial charge on any atom is 0.202 e. The summed E-state index contributed by atoms with van der Waals surface area (Å²) in [5, 5.41) is 29.8. The topological polar surface area (TPSA) is 117 Å². The number of phenolic OH excluding ortho intramolecular Hbond substituents is 2. The van der Waals surface area contributed by atoms with Gasteiger partial charge in [0.05, 0.1) is 35.1 Å². The van der Waals surface area contributed by atoms with Gasteiger partial charge in [-0.3, -0.25) is 14.9 Å². The van der Waals surface area contributed by atoms with Gasteiger partial charge < -0.3 is 19.8 Å². The number of aromatic hydroxyl groups is 2. The van der Waals surface area contributed by atoms with Crippen LogP contribution in [0.2, 0.25) is 0 Å². The summed E-state index contributed by atoms with van der Waals surface area (Å²) in [6.45, 7) is 1.93. The highest BCUT2D eigenvalue weighted by Gasteiger charge is 2.51. The van der Waals surface area contributed by atoms with E-state index in [1.54, 1.807) is 12.1 Å². The molecule has 30 heavy (non-hydrogen) atoms. The molecular weight excluding hydrogens is 388 g/mol. The Kier molecular flexibility index (Phi) is 3.76. The molecule has 8 heteroatoms. The van der Waals surface area contributed by atoms with Crippen LogP contribution >= 0.6 is 0 Å². The van der Waals surface area contributed by atoms with E-state index in [0.717, 1.165) is 5.71 Å². The molecule has 1 saturated heterocycles. The summed E-state index contributed by atoms with van der Waals surface area (Å²) < 4.78 is 5.27. The first-order valence-electron chi connectivity index (χ1n) is 9.57. The van der Waals surface area contributed by atoms with Gasteiger partial charge in [0.15, 0.2) is 5.78 Å². The fraction of sp³-hybridized carbons (Fsp3) is 0.318. The number of hydrogen-bond donors (Lipinski definition) is 3. The van der Waals surface area contributed by atoms with Crippen molar-refractivity contribution in [1.29, 1.82) is 0 Å². The van der Waals surface area contributed by atoms with Crippen LogP contribution in [-0.2, 0) is 11.3 Å². The van der Waals surface area contributed by atoms with Crippen molar-refractivity contribution in [2.24, 2.45) is 5.16 Å². The van der Waals surface area contributed by atoms with Crippen molar-refractivity contribution in [2.75, 3.05) is 14.2 Å². The van der Waals surface area contributed by atoms with E-state index in [-0.39, 0.29) is 45.5 Å². The second-order valence-corrected chi connectivity index (χ2v) is 8.01. The average Bonchev–Trinajstić information content (AvgIpc) is 2.98. The van der Waals surface area contributed by atoms with Crippen LogP contribution < -0.4 is 10.1 Å². The standard InChI is InChI=1S/C22H20N2O6/c1-22-8-10-14(11(23-22)7-13(22)24-30-3)20(27)17-16(19(10)26)18(25)9-5-4-6-12(29-2)15(9)21(17)28/h4-6,11,23,26-27H,7-8H2,1-3H3/b24-13+. The number of phenols is 2. The van der Waals surface area contributed by atoms with Crippen LogP contribution in [0, 0.1) is 0 Å². The minimum absolute atomic E-state index is 0.0915. The maximum atomic E-state index is 13.4. The first-order chi connectivity index (χ1) is 14.3. The number of carbonyl (C=O) groups is 2. The maximum absolute atomic E-state index is 13.4. The molecular formula is C22H20N2O6. The summed E-state index contributed by atoms with van der Waals surface area (Å²) in [6.07, 6.45) is 0.741. The Bertz CT molecular complexity index is 1180. The van der Waals surface area contributed by atoms with Gasteiger partial charge in [0, 0.05) is 29.2 Å². The Morgan fingerprint density at radius 3 is 2.53 bits per heavy atom. The molecule has 2 heterocycles. The van der Waals surface area contributed by atoms with Crippen LogP contribution in [0.15, 0.2) is 23.4 Å². The van der Waals surface area contributed by atoms with Crippen molar-refractivity contribution >= 4 is 17.3 Å². The largest absolute Gasteiger partial charge is 0.507 e. The molecule has 2 bridgehead atoms. The van der Waals surface area contributed by atoms with Gasteiger partial charge in [-0.15, -0.1) is 0 Å². The second kappa shape index (κ2) is 6.06. The van der Waals surface area contributed by atoms with E-state index < -0.39 is 17.1 Å². The predicted octanol–water partition coefficient (Wildman–Crippen LogP) is 2.23. The number of ether oxygens (including phenoxy) is 1. The van der Waals surface area contributed by atoms with Crippen molar-refractivity contribution < 1.29 is 29.4 Å². The zero-order chi connectivity index (χ0) is 21.4. The fourth-order valence-corrected chi connectivity index (χ4v) is 5.04. The summed E-state index contributed by atoms with van der Waals surface area (Å²) in [5.74, 6) is -1.37. The number of carbonyl (C=O) groups excluding carboxylic acids is 2. The van der Waals surface area contributed by atoms with E-state index in [2.05, 4.69) is 10.5 Å². The number of nitrogens with zero attached hydrogens (tertiary/aromatic N) is 1. The summed E-state index contributed by atoms with van der Waals surface area (Å²) in [6, 6.07) is 4.35. The van der Waals surface area contributed by atoms with E-state index in [0.29, 0.717) is 24.0 Å². The van der Waals surface area contributed by atoms with Crippen LogP contribution in [-0.4, -0.2) is 47.2 Å². The molecule has 0 amide bonds. The van der Waals surface area contributed by atoms with Gasteiger partial charge in [-0.25, -0.2) is 0 Å². The predicted molar refractivity (Wildman–Crippen MR) is 107 cm³/mol. The molecule has 2 aromatic rings. The van der Waals surface area contributed by atoms with Gasteiger partial charge in [-0.2, -0.15) is 0 Å². The Labute approximate surface area is 172 Å². The van der Waals surface area contributed by atoms with Crippen molar-refractivity contribution in [1.82, 2.24) is 5.32 Å². The Balaban J connectivity index is 1.78. The highest BCUT2D eigenvalue weighted by atomic mass is 16.6. The van der Waals surface area contributed by atoms with Crippen LogP contribution in [0.3, 0.4) is 0 Å². The molecule has 5 rings (SSSR count). The monoisotopic (exact) mass is 408 g/mol. The minimum Gasteiger partial charge on any atom is -0.507 e. The summed E-state index contributed by atoms with van der Waals surface area (Å²) >= 11 is 0. The first kappa shape index (κ1) is 18.6. The van der Waals surface area contributed by atoms with Gasteiger partial charge in [0.25, 0.3) is 0 Å². The van der Waals surface area contributed by atoms with E-state index in [4.69, 9.17) is 9.57 Å². The molecule has 0 radical (unpaired) electrons. The van der Waals surface area contributed by atoms with E-state index >= 15 is 0 Å². The normalized spacial score (nSPS) is 25.0. The smallest absolute Gasteiger partial charge is 0.202 e. The quantitative estimate of drug-likeness (QED) is 0.440. The molecule has 0 saturated carbocycles. The third-order valence-electron chi connectivity index (χ3n) is 6.37. The Hall–Kier alpha value is -3.39. The summed E-state index contributed by atoms with van der Waals surface area (Å²) in [4.78, 5) is 31.6. The SMILES string of the molecule is CO/N=C1\CC2NC1(C)Cc1c(O)c3c(c(O)c12)C(=O)c1c(OC)cccc1C3=O. The number of rotatable bonds is 2. The van der Waals surface area contributed by atoms with E-state index in [1.807, 2.05) is 6.92 Å². The highest BCUT2D eigenvalue weighted by Crippen LogP contribution is 2.52. The molecule has 1 fully saturated rings. The number of benzene rings is 2. The first-order valence-corrected chi connectivity index (χ1v) is 9.57. The second-order valence-electron chi connectivity index (χ2n) is 8.01. The van der Waals surface area contributed by atoms with Crippen LogP contribution in [0.25, 0.3) is 0 Å². The molecule has 2 aliphatic heterocycles. The molecule has 2 unspecified atom stereocenters. The van der Waals surface area contributed by atoms with Gasteiger partial charge in [0.1, 0.15) is 24.4 Å². The number of methoxy groups -OCH3 is 1. The Morgan fingerprint density at radius 2 is 1.83 bits per heavy atom. The lowest BCUT2D eigenvalue weighted by Gasteiger charge is -2.35.